The van der Waals surface area contributed by atoms with E-state index in [4.69, 9.17) is 16.3 Å². The third kappa shape index (κ3) is 3.36. The molecule has 0 radical (unpaired) electrons. The standard InChI is InChI=1S/C15H13ClN2O2/c1-20-14-9-5-3-7-12(14)15(19)18-17-10-11-6-2-4-8-13(11)16/h2-10H,1H3,(H,18,19)/b17-10+. The molecule has 0 heterocycles. The van der Waals surface area contributed by atoms with E-state index in [2.05, 4.69) is 10.5 Å². The van der Waals surface area contributed by atoms with Gasteiger partial charge in [0.05, 0.1) is 18.9 Å². The highest BCUT2D eigenvalue weighted by Crippen LogP contribution is 2.17. The summed E-state index contributed by atoms with van der Waals surface area (Å²) in [6.07, 6.45) is 1.50. The van der Waals surface area contributed by atoms with Crippen molar-refractivity contribution >= 4 is 23.7 Å². The van der Waals surface area contributed by atoms with E-state index in [0.717, 1.165) is 5.56 Å². The fourth-order valence-electron chi connectivity index (χ4n) is 1.63. The maximum atomic E-state index is 12.0. The lowest BCUT2D eigenvalue weighted by Gasteiger charge is -2.06. The monoisotopic (exact) mass is 288 g/mol. The number of nitrogens with zero attached hydrogens (tertiary/aromatic N) is 1. The summed E-state index contributed by atoms with van der Waals surface area (Å²) in [5.74, 6) is 0.156. The molecule has 0 atom stereocenters. The number of hydrogen-bond acceptors (Lipinski definition) is 3. The first-order chi connectivity index (χ1) is 9.72. The van der Waals surface area contributed by atoms with Crippen LogP contribution in [0.15, 0.2) is 53.6 Å². The molecule has 0 saturated carbocycles. The number of benzene rings is 2. The van der Waals surface area contributed by atoms with E-state index in [1.54, 1.807) is 36.4 Å². The van der Waals surface area contributed by atoms with Crippen LogP contribution < -0.4 is 10.2 Å². The maximum Gasteiger partial charge on any atom is 0.275 e. The van der Waals surface area contributed by atoms with Crippen LogP contribution in [0.1, 0.15) is 15.9 Å². The second-order valence-corrected chi connectivity index (χ2v) is 4.33. The molecule has 0 aliphatic rings. The molecule has 4 nitrogen and oxygen atoms in total. The van der Waals surface area contributed by atoms with E-state index in [9.17, 15) is 4.79 Å². The molecule has 2 aromatic rings. The number of rotatable bonds is 4. The van der Waals surface area contributed by atoms with Crippen molar-refractivity contribution in [1.29, 1.82) is 0 Å². The Bertz CT molecular complexity index is 641. The van der Waals surface area contributed by atoms with Crippen molar-refractivity contribution in [2.24, 2.45) is 5.10 Å². The molecular formula is C15H13ClN2O2. The SMILES string of the molecule is COc1ccccc1C(=O)N/N=C/c1ccccc1Cl. The van der Waals surface area contributed by atoms with Crippen molar-refractivity contribution in [2.75, 3.05) is 7.11 Å². The molecule has 0 aliphatic heterocycles. The molecule has 0 bridgehead atoms. The Morgan fingerprint density at radius 3 is 2.65 bits per heavy atom. The first kappa shape index (κ1) is 14.1. The Morgan fingerprint density at radius 2 is 1.90 bits per heavy atom. The van der Waals surface area contributed by atoms with E-state index < -0.39 is 0 Å². The molecule has 20 heavy (non-hydrogen) atoms. The van der Waals surface area contributed by atoms with E-state index in [-0.39, 0.29) is 5.91 Å². The Balaban J connectivity index is 2.07. The minimum absolute atomic E-state index is 0.342. The number of carbonyl (C=O) groups is 1. The lowest BCUT2D eigenvalue weighted by molar-refractivity contribution is 0.0952. The predicted molar refractivity (Wildman–Crippen MR) is 79.5 cm³/mol. The number of hydrazone groups is 1. The average molecular weight is 289 g/mol. The van der Waals surface area contributed by atoms with Crippen LogP contribution in [0.5, 0.6) is 5.75 Å². The fraction of sp³-hybridized carbons (Fsp3) is 0.0667. The second kappa shape index (κ2) is 6.73. The summed E-state index contributed by atoms with van der Waals surface area (Å²) in [4.78, 5) is 12.0. The van der Waals surface area contributed by atoms with Gasteiger partial charge in [-0.2, -0.15) is 5.10 Å². The van der Waals surface area contributed by atoms with Crippen molar-refractivity contribution < 1.29 is 9.53 Å². The van der Waals surface area contributed by atoms with Crippen LogP contribution in [0.4, 0.5) is 0 Å². The van der Waals surface area contributed by atoms with Gasteiger partial charge in [0.2, 0.25) is 0 Å². The average Bonchev–Trinajstić information content (AvgIpc) is 2.49. The second-order valence-electron chi connectivity index (χ2n) is 3.92. The van der Waals surface area contributed by atoms with Gasteiger partial charge in [-0.1, -0.05) is 41.9 Å². The molecule has 0 aliphatic carbocycles. The number of carbonyl (C=O) groups excluding carboxylic acids is 1. The van der Waals surface area contributed by atoms with Crippen LogP contribution in [0.25, 0.3) is 0 Å². The van der Waals surface area contributed by atoms with Crippen molar-refractivity contribution in [3.05, 3.63) is 64.7 Å². The third-order valence-corrected chi connectivity index (χ3v) is 2.97. The molecule has 0 unspecified atom stereocenters. The quantitative estimate of drug-likeness (QED) is 0.694. The molecule has 1 amide bonds. The van der Waals surface area contributed by atoms with E-state index in [0.29, 0.717) is 16.3 Å². The number of para-hydroxylation sites is 1. The lowest BCUT2D eigenvalue weighted by atomic mass is 10.2. The molecule has 0 saturated heterocycles. The number of halogens is 1. The number of methoxy groups -OCH3 is 1. The van der Waals surface area contributed by atoms with Crippen molar-refractivity contribution in [3.8, 4) is 5.75 Å². The summed E-state index contributed by atoms with van der Waals surface area (Å²) in [6.45, 7) is 0. The van der Waals surface area contributed by atoms with Gasteiger partial charge in [-0.15, -0.1) is 0 Å². The number of amides is 1. The largest absolute Gasteiger partial charge is 0.496 e. The zero-order valence-electron chi connectivity index (χ0n) is 10.8. The van der Waals surface area contributed by atoms with Gasteiger partial charge < -0.3 is 4.74 Å². The van der Waals surface area contributed by atoms with Crippen LogP contribution in [0.3, 0.4) is 0 Å². The summed E-state index contributed by atoms with van der Waals surface area (Å²) >= 11 is 5.98. The zero-order valence-corrected chi connectivity index (χ0v) is 11.6. The van der Waals surface area contributed by atoms with Crippen LogP contribution >= 0.6 is 11.6 Å². The number of ether oxygens (including phenoxy) is 1. The summed E-state index contributed by atoms with van der Waals surface area (Å²) in [5, 5.41) is 4.46. The van der Waals surface area contributed by atoms with Gasteiger partial charge in [0.25, 0.3) is 5.91 Å². The van der Waals surface area contributed by atoms with Gasteiger partial charge >= 0.3 is 0 Å². The Hall–Kier alpha value is -2.33. The summed E-state index contributed by atoms with van der Waals surface area (Å²) in [7, 11) is 1.51. The molecule has 0 fully saturated rings. The van der Waals surface area contributed by atoms with E-state index in [1.807, 2.05) is 12.1 Å². The molecule has 0 spiro atoms. The highest BCUT2D eigenvalue weighted by Gasteiger charge is 2.09. The van der Waals surface area contributed by atoms with Crippen LogP contribution in [-0.2, 0) is 0 Å². The van der Waals surface area contributed by atoms with Gasteiger partial charge in [-0.05, 0) is 18.2 Å². The first-order valence-electron chi connectivity index (χ1n) is 5.93. The first-order valence-corrected chi connectivity index (χ1v) is 6.31. The van der Waals surface area contributed by atoms with Crippen LogP contribution in [0, 0.1) is 0 Å². The molecule has 5 heteroatoms. The zero-order chi connectivity index (χ0) is 14.4. The van der Waals surface area contributed by atoms with Crippen LogP contribution in [-0.4, -0.2) is 19.2 Å². The van der Waals surface area contributed by atoms with Crippen molar-refractivity contribution in [1.82, 2.24) is 5.43 Å². The van der Waals surface area contributed by atoms with E-state index >= 15 is 0 Å². The van der Waals surface area contributed by atoms with Crippen molar-refractivity contribution in [2.45, 2.75) is 0 Å². The fourth-order valence-corrected chi connectivity index (χ4v) is 1.82. The van der Waals surface area contributed by atoms with Gasteiger partial charge in [0.15, 0.2) is 0 Å². The Kier molecular flexibility index (Phi) is 4.74. The summed E-state index contributed by atoms with van der Waals surface area (Å²) in [6, 6.07) is 14.2. The molecule has 0 aromatic heterocycles. The summed E-state index contributed by atoms with van der Waals surface area (Å²) < 4.78 is 5.12. The molecule has 2 rings (SSSR count). The molecule has 102 valence electrons. The molecule has 1 N–H and O–H groups in total. The molecule has 2 aromatic carbocycles. The Labute approximate surface area is 122 Å². The molecular weight excluding hydrogens is 276 g/mol. The predicted octanol–water partition coefficient (Wildman–Crippen LogP) is 3.11. The highest BCUT2D eigenvalue weighted by atomic mass is 35.5. The topological polar surface area (TPSA) is 50.7 Å². The normalized spacial score (nSPS) is 10.5. The number of nitrogens with one attached hydrogen (secondary N) is 1. The van der Waals surface area contributed by atoms with Gasteiger partial charge in [-0.3, -0.25) is 4.79 Å². The lowest BCUT2D eigenvalue weighted by Crippen LogP contribution is -2.18. The maximum absolute atomic E-state index is 12.0. The third-order valence-electron chi connectivity index (χ3n) is 2.63. The number of hydrogen-bond donors (Lipinski definition) is 1. The van der Waals surface area contributed by atoms with Crippen LogP contribution in [0.2, 0.25) is 5.02 Å². The highest BCUT2D eigenvalue weighted by molar-refractivity contribution is 6.33. The van der Waals surface area contributed by atoms with Gasteiger partial charge in [0, 0.05) is 10.6 Å². The minimum Gasteiger partial charge on any atom is -0.496 e. The minimum atomic E-state index is -0.342. The smallest absolute Gasteiger partial charge is 0.275 e. The summed E-state index contributed by atoms with van der Waals surface area (Å²) in [5.41, 5.74) is 3.59. The van der Waals surface area contributed by atoms with Gasteiger partial charge in [-0.25, -0.2) is 5.43 Å². The van der Waals surface area contributed by atoms with Gasteiger partial charge in [0.1, 0.15) is 5.75 Å². The van der Waals surface area contributed by atoms with E-state index in [1.165, 1.54) is 13.3 Å². The Morgan fingerprint density at radius 1 is 1.20 bits per heavy atom. The van der Waals surface area contributed by atoms with Crippen molar-refractivity contribution in [3.63, 3.8) is 0 Å².